The van der Waals surface area contributed by atoms with Crippen molar-refractivity contribution in [2.24, 2.45) is 5.92 Å². The van der Waals surface area contributed by atoms with Crippen LogP contribution in [0.1, 0.15) is 34.6 Å². The third kappa shape index (κ3) is 4.30. The molecule has 0 heterocycles. The van der Waals surface area contributed by atoms with Gasteiger partial charge in [0.25, 0.3) is 0 Å². The zero-order chi connectivity index (χ0) is 11.3. The Balaban J connectivity index is 4.97. The maximum atomic E-state index is 6.08. The summed E-state index contributed by atoms with van der Waals surface area (Å²) < 4.78 is 5.14. The number of hydrogen-bond acceptors (Lipinski definition) is 1. The topological polar surface area (TPSA) is 9.23 Å². The molecule has 0 aromatic rings. The second kappa shape index (κ2) is 6.26. The minimum absolute atomic E-state index is 0.338. The Kier molecular flexibility index (Phi) is 6.14. The average Bonchev–Trinajstić information content (AvgIpc) is 2.01. The van der Waals surface area contributed by atoms with Crippen molar-refractivity contribution in [3.63, 3.8) is 0 Å². The van der Waals surface area contributed by atoms with Gasteiger partial charge in [-0.15, -0.1) is 0 Å². The first-order valence-electron chi connectivity index (χ1n) is 4.93. The normalized spacial score (nSPS) is 14.4. The first-order valence-corrected chi connectivity index (χ1v) is 5.36. The third-order valence-corrected chi connectivity index (χ3v) is 2.38. The van der Waals surface area contributed by atoms with Gasteiger partial charge in [0.1, 0.15) is 0 Å². The highest BCUT2D eigenvalue weighted by atomic mass is 35.5. The van der Waals surface area contributed by atoms with Crippen LogP contribution in [0.2, 0.25) is 0 Å². The lowest BCUT2D eigenvalue weighted by molar-refractivity contribution is 0.194. The van der Waals surface area contributed by atoms with E-state index < -0.39 is 0 Å². The predicted molar refractivity (Wildman–Crippen MR) is 63.6 cm³/mol. The summed E-state index contributed by atoms with van der Waals surface area (Å²) in [7, 11) is 1.63. The van der Waals surface area contributed by atoms with Crippen molar-refractivity contribution >= 4 is 11.6 Å². The van der Waals surface area contributed by atoms with Gasteiger partial charge >= 0.3 is 0 Å². The first kappa shape index (κ1) is 13.7. The summed E-state index contributed by atoms with van der Waals surface area (Å²) in [6.45, 7) is 10.5. The lowest BCUT2D eigenvalue weighted by Crippen LogP contribution is -2.09. The standard InChI is InChI=1S/C12H21ClO/c1-8(2)7-10(5)11(9(3)4)12(13)14-6/h7-8,12H,1-6H3/b10-7-. The fourth-order valence-corrected chi connectivity index (χ4v) is 1.90. The number of halogens is 1. The molecule has 0 saturated carbocycles. The number of allylic oxidation sites excluding steroid dienone is 2. The fourth-order valence-electron chi connectivity index (χ4n) is 1.51. The molecule has 0 amide bonds. The van der Waals surface area contributed by atoms with Crippen LogP contribution < -0.4 is 0 Å². The number of alkyl halides is 1. The molecule has 1 nitrogen and oxygen atoms in total. The van der Waals surface area contributed by atoms with E-state index in [2.05, 4.69) is 40.7 Å². The molecule has 0 bridgehead atoms. The smallest absolute Gasteiger partial charge is 0.156 e. The van der Waals surface area contributed by atoms with Gasteiger partial charge in [0.05, 0.1) is 0 Å². The molecule has 0 aliphatic rings. The summed E-state index contributed by atoms with van der Waals surface area (Å²) in [5, 5.41) is 0. The molecule has 0 aliphatic carbocycles. The van der Waals surface area contributed by atoms with E-state index in [1.54, 1.807) is 7.11 Å². The van der Waals surface area contributed by atoms with E-state index >= 15 is 0 Å². The van der Waals surface area contributed by atoms with Crippen molar-refractivity contribution in [3.05, 3.63) is 22.8 Å². The second-order valence-corrected chi connectivity index (χ2v) is 4.46. The molecule has 0 aliphatic heterocycles. The van der Waals surface area contributed by atoms with Crippen molar-refractivity contribution in [2.75, 3.05) is 7.11 Å². The molecule has 0 aromatic heterocycles. The monoisotopic (exact) mass is 216 g/mol. The molecule has 0 radical (unpaired) electrons. The molecule has 1 atom stereocenters. The summed E-state index contributed by atoms with van der Waals surface area (Å²) in [6, 6.07) is 0. The summed E-state index contributed by atoms with van der Waals surface area (Å²) >= 11 is 6.08. The van der Waals surface area contributed by atoms with Crippen LogP contribution in [-0.2, 0) is 4.74 Å². The second-order valence-electron chi connectivity index (χ2n) is 4.06. The molecule has 14 heavy (non-hydrogen) atoms. The van der Waals surface area contributed by atoms with E-state index in [0.717, 1.165) is 5.57 Å². The van der Waals surface area contributed by atoms with Gasteiger partial charge in [-0.3, -0.25) is 0 Å². The average molecular weight is 217 g/mol. The van der Waals surface area contributed by atoms with E-state index in [4.69, 9.17) is 16.3 Å². The summed E-state index contributed by atoms with van der Waals surface area (Å²) in [6.07, 6.45) is 2.21. The highest BCUT2D eigenvalue weighted by Crippen LogP contribution is 2.24. The van der Waals surface area contributed by atoms with E-state index in [-0.39, 0.29) is 5.56 Å². The van der Waals surface area contributed by atoms with Gasteiger partial charge in [0.15, 0.2) is 5.56 Å². The zero-order valence-corrected chi connectivity index (χ0v) is 10.8. The predicted octanol–water partition coefficient (Wildman–Crippen LogP) is 4.14. The van der Waals surface area contributed by atoms with Crippen LogP contribution in [0.4, 0.5) is 0 Å². The van der Waals surface area contributed by atoms with Gasteiger partial charge < -0.3 is 4.74 Å². The molecule has 0 N–H and O–H groups in total. The first-order chi connectivity index (χ1) is 6.40. The Bertz CT molecular complexity index is 235. The van der Waals surface area contributed by atoms with Gasteiger partial charge in [-0.1, -0.05) is 37.1 Å². The Labute approximate surface area is 92.8 Å². The lowest BCUT2D eigenvalue weighted by Gasteiger charge is -2.16. The lowest BCUT2D eigenvalue weighted by atomic mass is 10.00. The van der Waals surface area contributed by atoms with Crippen LogP contribution in [0.3, 0.4) is 0 Å². The highest BCUT2D eigenvalue weighted by molar-refractivity contribution is 6.21. The number of hydrogen-bond donors (Lipinski definition) is 0. The molecular formula is C12H21ClO. The Morgan fingerprint density at radius 1 is 1.21 bits per heavy atom. The number of rotatable bonds is 4. The molecule has 82 valence electrons. The SMILES string of the molecule is COC(Cl)C(=C(C)C)/C(C)=C\C(C)C. The Hall–Kier alpha value is -0.270. The molecule has 0 rings (SSSR count). The van der Waals surface area contributed by atoms with Crippen molar-refractivity contribution in [3.8, 4) is 0 Å². The van der Waals surface area contributed by atoms with E-state index in [9.17, 15) is 0 Å². The van der Waals surface area contributed by atoms with Crippen molar-refractivity contribution in [2.45, 2.75) is 40.2 Å². The molecule has 2 heteroatoms. The fraction of sp³-hybridized carbons (Fsp3) is 0.667. The Morgan fingerprint density at radius 2 is 1.71 bits per heavy atom. The van der Waals surface area contributed by atoms with Crippen LogP contribution in [0.15, 0.2) is 22.8 Å². The molecule has 0 fully saturated rings. The maximum Gasteiger partial charge on any atom is 0.156 e. The van der Waals surface area contributed by atoms with Crippen LogP contribution in [0.5, 0.6) is 0 Å². The van der Waals surface area contributed by atoms with Crippen LogP contribution in [0.25, 0.3) is 0 Å². The van der Waals surface area contributed by atoms with Gasteiger partial charge in [0, 0.05) is 7.11 Å². The van der Waals surface area contributed by atoms with Crippen LogP contribution >= 0.6 is 11.6 Å². The maximum absolute atomic E-state index is 6.08. The molecule has 0 spiro atoms. The van der Waals surface area contributed by atoms with E-state index in [1.807, 2.05) is 0 Å². The number of ether oxygens (including phenoxy) is 1. The van der Waals surface area contributed by atoms with Crippen LogP contribution in [-0.4, -0.2) is 12.7 Å². The van der Waals surface area contributed by atoms with Crippen LogP contribution in [0, 0.1) is 5.92 Å². The van der Waals surface area contributed by atoms with Crippen molar-refractivity contribution in [1.82, 2.24) is 0 Å². The molecule has 1 unspecified atom stereocenters. The van der Waals surface area contributed by atoms with Gasteiger partial charge in [-0.2, -0.15) is 0 Å². The van der Waals surface area contributed by atoms with Gasteiger partial charge in [-0.05, 0) is 37.8 Å². The number of methoxy groups -OCH3 is 1. The van der Waals surface area contributed by atoms with Crippen molar-refractivity contribution in [1.29, 1.82) is 0 Å². The minimum atomic E-state index is -0.338. The third-order valence-electron chi connectivity index (χ3n) is 1.98. The largest absolute Gasteiger partial charge is 0.361 e. The summed E-state index contributed by atoms with van der Waals surface area (Å²) in [4.78, 5) is 0. The zero-order valence-electron chi connectivity index (χ0n) is 10.0. The van der Waals surface area contributed by atoms with Gasteiger partial charge in [-0.25, -0.2) is 0 Å². The van der Waals surface area contributed by atoms with E-state index in [0.29, 0.717) is 5.92 Å². The Morgan fingerprint density at radius 3 is 2.00 bits per heavy atom. The van der Waals surface area contributed by atoms with Gasteiger partial charge in [0.2, 0.25) is 0 Å². The molecule has 0 saturated heterocycles. The quantitative estimate of drug-likeness (QED) is 0.507. The highest BCUT2D eigenvalue weighted by Gasteiger charge is 2.13. The van der Waals surface area contributed by atoms with E-state index in [1.165, 1.54) is 11.1 Å². The van der Waals surface area contributed by atoms with Crippen molar-refractivity contribution < 1.29 is 4.74 Å². The summed E-state index contributed by atoms with van der Waals surface area (Å²) in [5.41, 5.74) is 3.18. The molecule has 0 aromatic carbocycles. The minimum Gasteiger partial charge on any atom is -0.361 e. The summed E-state index contributed by atoms with van der Waals surface area (Å²) in [5.74, 6) is 0.532. The molecular weight excluding hydrogens is 196 g/mol.